The lowest BCUT2D eigenvalue weighted by atomic mass is 9.86. The van der Waals surface area contributed by atoms with Gasteiger partial charge in [-0.2, -0.15) is 0 Å². The van der Waals surface area contributed by atoms with Gasteiger partial charge in [0.1, 0.15) is 0 Å². The Labute approximate surface area is 117 Å². The van der Waals surface area contributed by atoms with Crippen LogP contribution in [0.15, 0.2) is 0 Å². The minimum atomic E-state index is 0.208. The maximum absolute atomic E-state index is 12.1. The maximum atomic E-state index is 12.1. The van der Waals surface area contributed by atoms with Gasteiger partial charge in [0.05, 0.1) is 6.54 Å². The zero-order valence-electron chi connectivity index (χ0n) is 12.5. The van der Waals surface area contributed by atoms with Crippen molar-refractivity contribution in [2.45, 2.75) is 57.5 Å². The molecule has 2 fully saturated rings. The van der Waals surface area contributed by atoms with Crippen LogP contribution in [0.1, 0.15) is 45.4 Å². The summed E-state index contributed by atoms with van der Waals surface area (Å²) in [5, 5.41) is 6.61. The van der Waals surface area contributed by atoms with Gasteiger partial charge in [0, 0.05) is 12.1 Å². The maximum Gasteiger partial charge on any atom is 0.234 e. The summed E-state index contributed by atoms with van der Waals surface area (Å²) >= 11 is 0. The number of hydrogen-bond donors (Lipinski definition) is 2. The van der Waals surface area contributed by atoms with Crippen LogP contribution in [0.3, 0.4) is 0 Å². The third-order valence-electron chi connectivity index (χ3n) is 4.78. The second-order valence-electron chi connectivity index (χ2n) is 6.33. The van der Waals surface area contributed by atoms with E-state index in [2.05, 4.69) is 29.5 Å². The molecule has 2 aliphatic rings. The normalized spacial score (nSPS) is 29.4. The number of hydrogen-bond acceptors (Lipinski definition) is 3. The van der Waals surface area contributed by atoms with Gasteiger partial charge in [-0.3, -0.25) is 9.69 Å². The monoisotopic (exact) mass is 267 g/mol. The number of carbonyl (C=O) groups is 1. The molecule has 2 N–H and O–H groups in total. The lowest BCUT2D eigenvalue weighted by Gasteiger charge is -2.33. The predicted octanol–water partition coefficient (Wildman–Crippen LogP) is 1.37. The third kappa shape index (κ3) is 4.46. The fourth-order valence-corrected chi connectivity index (χ4v) is 3.39. The summed E-state index contributed by atoms with van der Waals surface area (Å²) in [6, 6.07) is 0.971. The molecular weight excluding hydrogens is 238 g/mol. The molecule has 1 saturated carbocycles. The van der Waals surface area contributed by atoms with Crippen LogP contribution in [0.25, 0.3) is 0 Å². The smallest absolute Gasteiger partial charge is 0.234 e. The number of rotatable bonds is 4. The lowest BCUT2D eigenvalue weighted by molar-refractivity contribution is -0.123. The zero-order chi connectivity index (χ0) is 13.7. The van der Waals surface area contributed by atoms with E-state index in [4.69, 9.17) is 0 Å². The first kappa shape index (κ1) is 14.8. The lowest BCUT2D eigenvalue weighted by Crippen LogP contribution is -2.48. The van der Waals surface area contributed by atoms with Crippen LogP contribution < -0.4 is 10.6 Å². The van der Waals surface area contributed by atoms with Crippen molar-refractivity contribution in [2.75, 3.05) is 26.7 Å². The van der Waals surface area contributed by atoms with Gasteiger partial charge in [-0.1, -0.05) is 19.8 Å². The Kier molecular flexibility index (Phi) is 5.64. The first-order chi connectivity index (χ1) is 9.16. The number of nitrogens with one attached hydrogen (secondary N) is 2. The highest BCUT2D eigenvalue weighted by molar-refractivity contribution is 5.78. The van der Waals surface area contributed by atoms with Gasteiger partial charge in [0.15, 0.2) is 0 Å². The number of amides is 1. The molecule has 1 saturated heterocycles. The highest BCUT2D eigenvalue weighted by atomic mass is 16.2. The average molecular weight is 267 g/mol. The second-order valence-corrected chi connectivity index (χ2v) is 6.33. The van der Waals surface area contributed by atoms with Crippen LogP contribution in [-0.2, 0) is 4.79 Å². The summed E-state index contributed by atoms with van der Waals surface area (Å²) in [5.41, 5.74) is 0. The molecule has 2 rings (SSSR count). The number of likely N-dealkylation sites (N-methyl/N-ethyl adjacent to an activating group) is 1. The number of carbonyl (C=O) groups excluding carboxylic acids is 1. The average Bonchev–Trinajstić information content (AvgIpc) is 2.42. The number of nitrogens with zero attached hydrogens (tertiary/aromatic N) is 1. The molecular formula is C15H29N3O. The molecule has 2 unspecified atom stereocenters. The van der Waals surface area contributed by atoms with E-state index in [1.54, 1.807) is 0 Å². The Morgan fingerprint density at radius 2 is 1.89 bits per heavy atom. The van der Waals surface area contributed by atoms with Crippen molar-refractivity contribution in [1.82, 2.24) is 15.5 Å². The van der Waals surface area contributed by atoms with Crippen LogP contribution in [0.4, 0.5) is 0 Å². The van der Waals surface area contributed by atoms with E-state index < -0.39 is 0 Å². The molecule has 0 aromatic heterocycles. The van der Waals surface area contributed by atoms with Crippen molar-refractivity contribution < 1.29 is 4.79 Å². The van der Waals surface area contributed by atoms with Crippen molar-refractivity contribution in [3.8, 4) is 0 Å². The Morgan fingerprint density at radius 3 is 2.58 bits per heavy atom. The second kappa shape index (κ2) is 7.25. The van der Waals surface area contributed by atoms with Crippen LogP contribution in [0.2, 0.25) is 0 Å². The van der Waals surface area contributed by atoms with Gasteiger partial charge < -0.3 is 10.6 Å². The Balaban J connectivity index is 1.73. The van der Waals surface area contributed by atoms with Crippen LogP contribution >= 0.6 is 0 Å². The molecule has 19 heavy (non-hydrogen) atoms. The van der Waals surface area contributed by atoms with E-state index in [9.17, 15) is 4.79 Å². The van der Waals surface area contributed by atoms with E-state index in [0.717, 1.165) is 32.4 Å². The van der Waals surface area contributed by atoms with Crippen molar-refractivity contribution in [3.63, 3.8) is 0 Å². The van der Waals surface area contributed by atoms with Gasteiger partial charge in [0.2, 0.25) is 5.91 Å². The van der Waals surface area contributed by atoms with Gasteiger partial charge in [-0.15, -0.1) is 0 Å². The Morgan fingerprint density at radius 1 is 1.21 bits per heavy atom. The highest BCUT2D eigenvalue weighted by Crippen LogP contribution is 2.23. The van der Waals surface area contributed by atoms with Crippen molar-refractivity contribution >= 4 is 5.91 Å². The largest absolute Gasteiger partial charge is 0.352 e. The van der Waals surface area contributed by atoms with E-state index in [1.165, 1.54) is 19.3 Å². The van der Waals surface area contributed by atoms with Crippen LogP contribution in [0, 0.1) is 5.92 Å². The predicted molar refractivity (Wildman–Crippen MR) is 78.1 cm³/mol. The quantitative estimate of drug-likeness (QED) is 0.808. The fourth-order valence-electron chi connectivity index (χ4n) is 3.39. The van der Waals surface area contributed by atoms with E-state index in [1.807, 2.05) is 0 Å². The zero-order valence-corrected chi connectivity index (χ0v) is 12.5. The molecule has 0 aromatic rings. The first-order valence-corrected chi connectivity index (χ1v) is 7.87. The molecule has 1 aliphatic carbocycles. The topological polar surface area (TPSA) is 44.4 Å². The molecule has 4 nitrogen and oxygen atoms in total. The summed E-state index contributed by atoms with van der Waals surface area (Å²) < 4.78 is 0. The standard InChI is InChI=1S/C15H29N3O/c1-12-5-3-4-6-14(12)17-15(19)11-18(2)13-7-9-16-10-8-13/h12-14,16H,3-11H2,1-2H3,(H,17,19). The molecule has 0 spiro atoms. The minimum absolute atomic E-state index is 0.208. The Bertz CT molecular complexity index is 289. The molecule has 1 heterocycles. The summed E-state index contributed by atoms with van der Waals surface area (Å²) in [6.07, 6.45) is 7.31. The third-order valence-corrected chi connectivity index (χ3v) is 4.78. The van der Waals surface area contributed by atoms with Gasteiger partial charge in [-0.05, 0) is 51.7 Å². The summed E-state index contributed by atoms with van der Waals surface area (Å²) in [4.78, 5) is 14.4. The molecule has 1 aliphatic heterocycles. The van der Waals surface area contributed by atoms with Gasteiger partial charge in [-0.25, -0.2) is 0 Å². The van der Waals surface area contributed by atoms with E-state index in [0.29, 0.717) is 24.5 Å². The molecule has 0 radical (unpaired) electrons. The SMILES string of the molecule is CC1CCCCC1NC(=O)CN(C)C1CCNCC1. The summed E-state index contributed by atoms with van der Waals surface area (Å²) in [7, 11) is 2.08. The molecule has 1 amide bonds. The van der Waals surface area contributed by atoms with Crippen molar-refractivity contribution in [1.29, 1.82) is 0 Å². The van der Waals surface area contributed by atoms with Crippen LogP contribution in [-0.4, -0.2) is 49.6 Å². The van der Waals surface area contributed by atoms with Gasteiger partial charge >= 0.3 is 0 Å². The van der Waals surface area contributed by atoms with E-state index in [-0.39, 0.29) is 5.91 Å². The van der Waals surface area contributed by atoms with E-state index >= 15 is 0 Å². The molecule has 2 atom stereocenters. The van der Waals surface area contributed by atoms with Crippen molar-refractivity contribution in [2.24, 2.45) is 5.92 Å². The highest BCUT2D eigenvalue weighted by Gasteiger charge is 2.24. The molecule has 0 bridgehead atoms. The van der Waals surface area contributed by atoms with Crippen molar-refractivity contribution in [3.05, 3.63) is 0 Å². The number of piperidine rings is 1. The summed E-state index contributed by atoms with van der Waals surface area (Å²) in [5.74, 6) is 0.849. The van der Waals surface area contributed by atoms with Crippen LogP contribution in [0.5, 0.6) is 0 Å². The fraction of sp³-hybridized carbons (Fsp3) is 0.933. The molecule has 4 heteroatoms. The minimum Gasteiger partial charge on any atom is -0.352 e. The van der Waals surface area contributed by atoms with Gasteiger partial charge in [0.25, 0.3) is 0 Å². The summed E-state index contributed by atoms with van der Waals surface area (Å²) in [6.45, 7) is 4.97. The Hall–Kier alpha value is -0.610. The first-order valence-electron chi connectivity index (χ1n) is 7.87. The molecule has 0 aromatic carbocycles. The molecule has 110 valence electrons.